The number of hydrogen-bond acceptors (Lipinski definition) is 3. The fourth-order valence-corrected chi connectivity index (χ4v) is 3.61. The molecule has 2 aromatic carbocycles. The van der Waals surface area contributed by atoms with Crippen LogP contribution >= 0.6 is 46.6 Å². The highest BCUT2D eigenvalue weighted by Crippen LogP contribution is 2.31. The van der Waals surface area contributed by atoms with Crippen LogP contribution in [0.1, 0.15) is 11.1 Å². The lowest BCUT2D eigenvalue weighted by atomic mass is 10.2. The monoisotopic (exact) mass is 406 g/mol. The van der Waals surface area contributed by atoms with Crippen LogP contribution < -0.4 is 0 Å². The molecule has 0 amide bonds. The van der Waals surface area contributed by atoms with E-state index in [4.69, 9.17) is 39.8 Å². The third-order valence-corrected chi connectivity index (χ3v) is 5.20. The molecule has 0 atom stereocenters. The number of thioether (sulfide) groups is 1. The van der Waals surface area contributed by atoms with Crippen molar-refractivity contribution < 1.29 is 0 Å². The molecule has 3 rings (SSSR count). The van der Waals surface area contributed by atoms with Crippen molar-refractivity contribution in [2.24, 2.45) is 4.99 Å². The quantitative estimate of drug-likeness (QED) is 0.342. The largest absolute Gasteiger partial charge is 0.264 e. The van der Waals surface area contributed by atoms with Crippen molar-refractivity contribution in [1.29, 1.82) is 0 Å². The number of nitrogens with zero attached hydrogens (tertiary/aromatic N) is 2. The number of rotatable bonds is 4. The second-order valence-corrected chi connectivity index (χ2v) is 7.41. The number of hydrogen-bond donors (Lipinski definition) is 0. The van der Waals surface area contributed by atoms with Crippen molar-refractivity contribution in [2.45, 2.75) is 5.75 Å². The van der Waals surface area contributed by atoms with Crippen molar-refractivity contribution in [1.82, 2.24) is 4.98 Å². The fourth-order valence-electron chi connectivity index (χ4n) is 2.08. The van der Waals surface area contributed by atoms with Gasteiger partial charge in [-0.15, -0.1) is 11.8 Å². The van der Waals surface area contributed by atoms with Gasteiger partial charge in [0.05, 0.1) is 10.7 Å². The Morgan fingerprint density at radius 3 is 2.40 bits per heavy atom. The van der Waals surface area contributed by atoms with Crippen molar-refractivity contribution in [2.75, 3.05) is 0 Å². The molecule has 0 aliphatic carbocycles. The Bertz CT molecular complexity index is 881. The van der Waals surface area contributed by atoms with Crippen LogP contribution in [0.3, 0.4) is 0 Å². The van der Waals surface area contributed by atoms with Gasteiger partial charge < -0.3 is 0 Å². The molecule has 3 aromatic rings. The number of aromatic nitrogens is 1. The smallest absolute Gasteiger partial charge is 0.106 e. The molecule has 1 heterocycles. The maximum Gasteiger partial charge on any atom is 0.106 e. The molecule has 1 aromatic heterocycles. The highest BCUT2D eigenvalue weighted by Gasteiger charge is 2.08. The Balaban J connectivity index is 1.90. The summed E-state index contributed by atoms with van der Waals surface area (Å²) in [6.45, 7) is 0. The van der Waals surface area contributed by atoms with Gasteiger partial charge in [-0.1, -0.05) is 46.9 Å². The Labute approximate surface area is 165 Å². The Morgan fingerprint density at radius 2 is 1.72 bits per heavy atom. The summed E-state index contributed by atoms with van der Waals surface area (Å²) in [5.41, 5.74) is 2.77. The predicted molar refractivity (Wildman–Crippen MR) is 110 cm³/mol. The van der Waals surface area contributed by atoms with Gasteiger partial charge in [0.25, 0.3) is 0 Å². The molecule has 0 spiro atoms. The van der Waals surface area contributed by atoms with Gasteiger partial charge in [-0.3, -0.25) is 4.98 Å². The molecule has 0 fully saturated rings. The SMILES string of the molecule is Clc1ccc(CSC(=Nc2ccc(Cl)cc2Cl)c2cccnc2)cc1. The standard InChI is InChI=1S/C19H13Cl3N2S/c20-15-5-3-13(4-6-15)12-25-19(14-2-1-9-23-11-14)24-18-8-7-16(21)10-17(18)22/h1-11H,12H2. The summed E-state index contributed by atoms with van der Waals surface area (Å²) in [7, 11) is 0. The van der Waals surface area contributed by atoms with E-state index in [0.29, 0.717) is 15.7 Å². The summed E-state index contributed by atoms with van der Waals surface area (Å²) in [5.74, 6) is 0.760. The fraction of sp³-hybridized carbons (Fsp3) is 0.0526. The van der Waals surface area contributed by atoms with Crippen LogP contribution in [-0.2, 0) is 5.75 Å². The zero-order valence-electron chi connectivity index (χ0n) is 13.0. The van der Waals surface area contributed by atoms with E-state index in [0.717, 1.165) is 26.9 Å². The Morgan fingerprint density at radius 1 is 0.960 bits per heavy atom. The molecule has 0 saturated carbocycles. The first kappa shape index (κ1) is 18.3. The molecule has 2 nitrogen and oxygen atoms in total. The molecular formula is C19H13Cl3N2S. The van der Waals surface area contributed by atoms with E-state index < -0.39 is 0 Å². The number of halogens is 3. The summed E-state index contributed by atoms with van der Waals surface area (Å²) in [6.07, 6.45) is 3.53. The average molecular weight is 408 g/mol. The first-order valence-corrected chi connectivity index (χ1v) is 9.55. The van der Waals surface area contributed by atoms with E-state index >= 15 is 0 Å². The lowest BCUT2D eigenvalue weighted by Gasteiger charge is -2.08. The third kappa shape index (κ3) is 5.23. The molecule has 0 saturated heterocycles. The Kier molecular flexibility index (Phi) is 6.38. The van der Waals surface area contributed by atoms with E-state index in [9.17, 15) is 0 Å². The third-order valence-electron chi connectivity index (χ3n) is 3.33. The van der Waals surface area contributed by atoms with Gasteiger partial charge >= 0.3 is 0 Å². The van der Waals surface area contributed by atoms with Crippen LogP contribution in [0.15, 0.2) is 72.0 Å². The molecule has 0 radical (unpaired) electrons. The van der Waals surface area contributed by atoms with Gasteiger partial charge in [-0.2, -0.15) is 0 Å². The number of aliphatic imine (C=N–C) groups is 1. The van der Waals surface area contributed by atoms with Gasteiger partial charge in [0, 0.05) is 33.8 Å². The number of benzene rings is 2. The topological polar surface area (TPSA) is 25.2 Å². The summed E-state index contributed by atoms with van der Waals surface area (Å²) in [4.78, 5) is 8.91. The van der Waals surface area contributed by atoms with Gasteiger partial charge in [0.2, 0.25) is 0 Å². The van der Waals surface area contributed by atoms with Crippen LogP contribution in [0.4, 0.5) is 5.69 Å². The highest BCUT2D eigenvalue weighted by molar-refractivity contribution is 8.13. The van der Waals surface area contributed by atoms with Crippen LogP contribution in [0.25, 0.3) is 0 Å². The Hall–Kier alpha value is -1.52. The molecule has 0 aliphatic rings. The second-order valence-electron chi connectivity index (χ2n) is 5.17. The minimum absolute atomic E-state index is 0.515. The highest BCUT2D eigenvalue weighted by atomic mass is 35.5. The lowest BCUT2D eigenvalue weighted by molar-refractivity contribution is 1.32. The number of pyridine rings is 1. The molecule has 25 heavy (non-hydrogen) atoms. The summed E-state index contributed by atoms with van der Waals surface area (Å²) in [5, 5.41) is 2.66. The molecule has 6 heteroatoms. The zero-order chi connectivity index (χ0) is 17.6. The van der Waals surface area contributed by atoms with E-state index in [2.05, 4.69) is 4.98 Å². The zero-order valence-corrected chi connectivity index (χ0v) is 16.1. The molecule has 126 valence electrons. The first-order valence-electron chi connectivity index (χ1n) is 7.43. The van der Waals surface area contributed by atoms with E-state index in [1.54, 1.807) is 36.3 Å². The van der Waals surface area contributed by atoms with Crippen LogP contribution in [0.2, 0.25) is 15.1 Å². The van der Waals surface area contributed by atoms with Crippen molar-refractivity contribution in [3.8, 4) is 0 Å². The van der Waals surface area contributed by atoms with Crippen LogP contribution in [0.5, 0.6) is 0 Å². The summed E-state index contributed by atoms with van der Waals surface area (Å²) < 4.78 is 0. The van der Waals surface area contributed by atoms with Crippen molar-refractivity contribution >= 4 is 57.3 Å². The van der Waals surface area contributed by atoms with E-state index in [1.807, 2.05) is 42.5 Å². The van der Waals surface area contributed by atoms with Crippen LogP contribution in [0, 0.1) is 0 Å². The summed E-state index contributed by atoms with van der Waals surface area (Å²) in [6, 6.07) is 16.9. The minimum Gasteiger partial charge on any atom is -0.264 e. The van der Waals surface area contributed by atoms with Gasteiger partial charge in [-0.25, -0.2) is 4.99 Å². The van der Waals surface area contributed by atoms with E-state index in [1.165, 1.54) is 0 Å². The van der Waals surface area contributed by atoms with Gasteiger partial charge in [-0.05, 0) is 48.0 Å². The molecule has 0 bridgehead atoms. The van der Waals surface area contributed by atoms with Gasteiger partial charge in [0.15, 0.2) is 0 Å². The summed E-state index contributed by atoms with van der Waals surface area (Å²) >= 11 is 19.8. The molecular weight excluding hydrogens is 395 g/mol. The molecule has 0 N–H and O–H groups in total. The van der Waals surface area contributed by atoms with E-state index in [-0.39, 0.29) is 0 Å². The predicted octanol–water partition coefficient (Wildman–Crippen LogP) is 7.05. The molecule has 0 aliphatic heterocycles. The molecule has 0 unspecified atom stereocenters. The van der Waals surface area contributed by atoms with Crippen molar-refractivity contribution in [3.05, 3.63) is 93.2 Å². The lowest BCUT2D eigenvalue weighted by Crippen LogP contribution is -1.97. The van der Waals surface area contributed by atoms with Gasteiger partial charge in [0.1, 0.15) is 5.04 Å². The van der Waals surface area contributed by atoms with Crippen LogP contribution in [-0.4, -0.2) is 10.0 Å². The first-order chi connectivity index (χ1) is 12.1. The second kappa shape index (κ2) is 8.72. The maximum absolute atomic E-state index is 6.26. The minimum atomic E-state index is 0.515. The van der Waals surface area contributed by atoms with Crippen molar-refractivity contribution in [3.63, 3.8) is 0 Å². The maximum atomic E-state index is 6.26. The normalized spacial score (nSPS) is 11.6. The average Bonchev–Trinajstić information content (AvgIpc) is 2.62.